The lowest BCUT2D eigenvalue weighted by Crippen LogP contribution is -1.97. The van der Waals surface area contributed by atoms with Gasteiger partial charge < -0.3 is 5.73 Å². The third-order valence-corrected chi connectivity index (χ3v) is 2.72. The molecule has 0 spiro atoms. The van der Waals surface area contributed by atoms with E-state index in [0.717, 1.165) is 6.54 Å². The molecule has 0 aliphatic carbocycles. The van der Waals surface area contributed by atoms with Crippen LogP contribution in [0, 0.1) is 0 Å². The Morgan fingerprint density at radius 2 is 1.27 bits per heavy atom. The average molecular weight is 211 g/mol. The lowest BCUT2D eigenvalue weighted by molar-refractivity contribution is 0.600. The largest absolute Gasteiger partial charge is 0.330 e. The van der Waals surface area contributed by atoms with Gasteiger partial charge in [0, 0.05) is 0 Å². The van der Waals surface area contributed by atoms with E-state index in [4.69, 9.17) is 5.73 Å². The van der Waals surface area contributed by atoms with Gasteiger partial charge in [0.25, 0.3) is 0 Å². The molecule has 0 radical (unpaired) electrons. The first-order valence-electron chi connectivity index (χ1n) is 6.77. The van der Waals surface area contributed by atoms with Crippen LogP contribution in [-0.2, 0) is 0 Å². The zero-order valence-electron chi connectivity index (χ0n) is 10.5. The zero-order valence-corrected chi connectivity index (χ0v) is 10.5. The Kier molecular flexibility index (Phi) is 13.4. The maximum atomic E-state index is 5.44. The molecule has 0 aromatic rings. The second kappa shape index (κ2) is 13.7. The van der Waals surface area contributed by atoms with Crippen molar-refractivity contribution < 1.29 is 0 Å². The maximum absolute atomic E-state index is 5.44. The van der Waals surface area contributed by atoms with E-state index in [1.165, 1.54) is 64.2 Å². The van der Waals surface area contributed by atoms with Crippen LogP contribution in [-0.4, -0.2) is 6.54 Å². The predicted octanol–water partition coefficient (Wildman–Crippen LogP) is 4.42. The minimum Gasteiger partial charge on any atom is -0.330 e. The molecular weight excluding hydrogens is 182 g/mol. The highest BCUT2D eigenvalue weighted by Crippen LogP contribution is 2.07. The van der Waals surface area contributed by atoms with Crippen molar-refractivity contribution in [3.05, 3.63) is 12.2 Å². The number of hydrogen-bond acceptors (Lipinski definition) is 1. The molecule has 0 unspecified atom stereocenters. The van der Waals surface area contributed by atoms with Crippen LogP contribution in [0.5, 0.6) is 0 Å². The second-order valence-electron chi connectivity index (χ2n) is 4.31. The molecule has 15 heavy (non-hydrogen) atoms. The van der Waals surface area contributed by atoms with Crippen LogP contribution in [0.3, 0.4) is 0 Å². The molecule has 0 aliphatic rings. The average Bonchev–Trinajstić information content (AvgIpc) is 2.26. The Labute approximate surface area is 96.1 Å². The Morgan fingerprint density at radius 3 is 1.87 bits per heavy atom. The predicted molar refractivity (Wildman–Crippen MR) is 70.0 cm³/mol. The topological polar surface area (TPSA) is 26.0 Å². The van der Waals surface area contributed by atoms with Crippen LogP contribution >= 0.6 is 0 Å². The summed E-state index contributed by atoms with van der Waals surface area (Å²) in [6.07, 6.45) is 18.0. The SMILES string of the molecule is CCCC/C=C/CCCCCCCCN. The van der Waals surface area contributed by atoms with E-state index in [2.05, 4.69) is 19.1 Å². The molecule has 1 nitrogen and oxygen atoms in total. The van der Waals surface area contributed by atoms with Gasteiger partial charge in [-0.2, -0.15) is 0 Å². The van der Waals surface area contributed by atoms with E-state index in [1.807, 2.05) is 0 Å². The Bertz CT molecular complexity index is 129. The summed E-state index contributed by atoms with van der Waals surface area (Å²) in [5.41, 5.74) is 5.44. The highest BCUT2D eigenvalue weighted by Gasteiger charge is 1.89. The van der Waals surface area contributed by atoms with Crippen molar-refractivity contribution in [2.75, 3.05) is 6.54 Å². The number of rotatable bonds is 11. The van der Waals surface area contributed by atoms with Gasteiger partial charge in [-0.1, -0.05) is 57.6 Å². The molecular formula is C14H29N. The molecule has 90 valence electrons. The number of nitrogens with two attached hydrogens (primary N) is 1. The summed E-state index contributed by atoms with van der Waals surface area (Å²) >= 11 is 0. The molecule has 0 amide bonds. The van der Waals surface area contributed by atoms with Crippen molar-refractivity contribution in [2.45, 2.75) is 71.1 Å². The Hall–Kier alpha value is -0.300. The van der Waals surface area contributed by atoms with E-state index in [0.29, 0.717) is 0 Å². The smallest absolute Gasteiger partial charge is 0.00773 e. The normalized spacial score (nSPS) is 11.3. The van der Waals surface area contributed by atoms with Crippen LogP contribution in [0.25, 0.3) is 0 Å². The maximum Gasteiger partial charge on any atom is -0.00773 e. The quantitative estimate of drug-likeness (QED) is 0.397. The van der Waals surface area contributed by atoms with Gasteiger partial charge in [0.05, 0.1) is 0 Å². The number of unbranched alkanes of at least 4 members (excludes halogenated alkanes) is 8. The van der Waals surface area contributed by atoms with Gasteiger partial charge in [-0.3, -0.25) is 0 Å². The first kappa shape index (κ1) is 14.7. The van der Waals surface area contributed by atoms with Gasteiger partial charge in [-0.15, -0.1) is 0 Å². The van der Waals surface area contributed by atoms with Crippen molar-refractivity contribution >= 4 is 0 Å². The monoisotopic (exact) mass is 211 g/mol. The van der Waals surface area contributed by atoms with Crippen LogP contribution in [0.1, 0.15) is 71.1 Å². The van der Waals surface area contributed by atoms with Gasteiger partial charge in [0.2, 0.25) is 0 Å². The van der Waals surface area contributed by atoms with Crippen LogP contribution in [0.2, 0.25) is 0 Å². The minimum absolute atomic E-state index is 0.861. The molecule has 0 bridgehead atoms. The van der Waals surface area contributed by atoms with Crippen LogP contribution < -0.4 is 5.73 Å². The van der Waals surface area contributed by atoms with Gasteiger partial charge in [0.15, 0.2) is 0 Å². The van der Waals surface area contributed by atoms with E-state index in [1.54, 1.807) is 0 Å². The van der Waals surface area contributed by atoms with Gasteiger partial charge in [-0.05, 0) is 32.2 Å². The van der Waals surface area contributed by atoms with Crippen molar-refractivity contribution in [3.8, 4) is 0 Å². The molecule has 0 heterocycles. The Balaban J connectivity index is 2.95. The lowest BCUT2D eigenvalue weighted by Gasteiger charge is -1.98. The van der Waals surface area contributed by atoms with Gasteiger partial charge in [0.1, 0.15) is 0 Å². The minimum atomic E-state index is 0.861. The summed E-state index contributed by atoms with van der Waals surface area (Å²) in [5.74, 6) is 0. The molecule has 0 saturated carbocycles. The molecule has 0 aliphatic heterocycles. The van der Waals surface area contributed by atoms with Gasteiger partial charge >= 0.3 is 0 Å². The molecule has 0 aromatic carbocycles. The van der Waals surface area contributed by atoms with Crippen molar-refractivity contribution in [1.29, 1.82) is 0 Å². The summed E-state index contributed by atoms with van der Waals surface area (Å²) in [4.78, 5) is 0. The van der Waals surface area contributed by atoms with E-state index < -0.39 is 0 Å². The van der Waals surface area contributed by atoms with Gasteiger partial charge in [-0.25, -0.2) is 0 Å². The van der Waals surface area contributed by atoms with E-state index >= 15 is 0 Å². The number of hydrogen-bond donors (Lipinski definition) is 1. The van der Waals surface area contributed by atoms with Crippen LogP contribution in [0.15, 0.2) is 12.2 Å². The van der Waals surface area contributed by atoms with Crippen molar-refractivity contribution in [1.82, 2.24) is 0 Å². The third-order valence-electron chi connectivity index (χ3n) is 2.72. The molecule has 0 aromatic heterocycles. The summed E-state index contributed by atoms with van der Waals surface area (Å²) in [6, 6.07) is 0. The molecule has 0 saturated heterocycles. The number of allylic oxidation sites excluding steroid dienone is 2. The standard InChI is InChI=1S/C14H29N/c1-2-3-4-5-6-7-8-9-10-11-12-13-14-15/h5-6H,2-4,7-15H2,1H3/b6-5+. The summed E-state index contributed by atoms with van der Waals surface area (Å²) in [6.45, 7) is 3.11. The zero-order chi connectivity index (χ0) is 11.2. The molecule has 1 heteroatoms. The first-order chi connectivity index (χ1) is 7.41. The summed E-state index contributed by atoms with van der Waals surface area (Å²) in [7, 11) is 0. The summed E-state index contributed by atoms with van der Waals surface area (Å²) < 4.78 is 0. The fourth-order valence-electron chi connectivity index (χ4n) is 1.67. The van der Waals surface area contributed by atoms with E-state index in [9.17, 15) is 0 Å². The first-order valence-corrected chi connectivity index (χ1v) is 6.77. The highest BCUT2D eigenvalue weighted by atomic mass is 14.5. The highest BCUT2D eigenvalue weighted by molar-refractivity contribution is 4.80. The van der Waals surface area contributed by atoms with Crippen molar-refractivity contribution in [2.24, 2.45) is 5.73 Å². The lowest BCUT2D eigenvalue weighted by atomic mass is 10.1. The molecule has 2 N–H and O–H groups in total. The molecule has 0 fully saturated rings. The van der Waals surface area contributed by atoms with E-state index in [-0.39, 0.29) is 0 Å². The van der Waals surface area contributed by atoms with Crippen molar-refractivity contribution in [3.63, 3.8) is 0 Å². The van der Waals surface area contributed by atoms with Crippen LogP contribution in [0.4, 0.5) is 0 Å². The fraction of sp³-hybridized carbons (Fsp3) is 0.857. The fourth-order valence-corrected chi connectivity index (χ4v) is 1.67. The second-order valence-corrected chi connectivity index (χ2v) is 4.31. The third kappa shape index (κ3) is 13.7. The Morgan fingerprint density at radius 1 is 0.733 bits per heavy atom. The molecule has 0 rings (SSSR count). The summed E-state index contributed by atoms with van der Waals surface area (Å²) in [5, 5.41) is 0. The molecule has 0 atom stereocenters.